The van der Waals surface area contributed by atoms with Crippen LogP contribution in [0.3, 0.4) is 0 Å². The lowest BCUT2D eigenvalue weighted by Gasteiger charge is -2.11. The summed E-state index contributed by atoms with van der Waals surface area (Å²) in [5, 5.41) is 4.33. The van der Waals surface area contributed by atoms with Crippen LogP contribution in [-0.4, -0.2) is 18.7 Å². The molecule has 0 spiro atoms. The van der Waals surface area contributed by atoms with Gasteiger partial charge in [-0.05, 0) is 29.8 Å². The fourth-order valence-electron chi connectivity index (χ4n) is 1.89. The van der Waals surface area contributed by atoms with Gasteiger partial charge in [-0.15, -0.1) is 0 Å². The highest BCUT2D eigenvalue weighted by Gasteiger charge is 2.15. The summed E-state index contributed by atoms with van der Waals surface area (Å²) in [7, 11) is 1.36. The van der Waals surface area contributed by atoms with Crippen LogP contribution in [0.1, 0.15) is 11.1 Å². The van der Waals surface area contributed by atoms with E-state index in [2.05, 4.69) is 9.99 Å². The first kappa shape index (κ1) is 15.9. The average Bonchev–Trinajstić information content (AvgIpc) is 2.52. The molecule has 0 aliphatic heterocycles. The highest BCUT2D eigenvalue weighted by molar-refractivity contribution is 6.45. The number of benzene rings is 2. The number of hydrogen-bond donors (Lipinski definition) is 1. The maximum atomic E-state index is 11.5. The zero-order valence-electron chi connectivity index (χ0n) is 12.0. The van der Waals surface area contributed by atoms with Gasteiger partial charge in [0.15, 0.2) is 5.71 Å². The number of oxime groups is 1. The number of carbonyl (C=O) groups is 1. The maximum absolute atomic E-state index is 11.5. The van der Waals surface area contributed by atoms with E-state index in [1.807, 2.05) is 12.1 Å². The summed E-state index contributed by atoms with van der Waals surface area (Å²) < 4.78 is 5.69. The molecule has 0 unspecified atom stereocenters. The third kappa shape index (κ3) is 3.99. The van der Waals surface area contributed by atoms with Crippen LogP contribution in [0.4, 0.5) is 0 Å². The highest BCUT2D eigenvalue weighted by atomic mass is 35.5. The molecule has 2 aromatic rings. The van der Waals surface area contributed by atoms with Crippen molar-refractivity contribution in [3.8, 4) is 5.75 Å². The molecular weight excluding hydrogens is 304 g/mol. The van der Waals surface area contributed by atoms with Crippen LogP contribution in [0.2, 0.25) is 5.02 Å². The predicted molar refractivity (Wildman–Crippen MR) is 85.0 cm³/mol. The van der Waals surface area contributed by atoms with Gasteiger partial charge < -0.3 is 15.3 Å². The summed E-state index contributed by atoms with van der Waals surface area (Å²) in [5.74, 6) is 0.00398. The summed E-state index contributed by atoms with van der Waals surface area (Å²) >= 11 is 5.83. The predicted octanol–water partition coefficient (Wildman–Crippen LogP) is 2.75. The molecule has 2 rings (SSSR count). The van der Waals surface area contributed by atoms with Crippen LogP contribution in [0.25, 0.3) is 0 Å². The van der Waals surface area contributed by atoms with E-state index in [9.17, 15) is 4.79 Å². The van der Waals surface area contributed by atoms with Gasteiger partial charge in [-0.2, -0.15) is 0 Å². The van der Waals surface area contributed by atoms with Crippen LogP contribution in [0.15, 0.2) is 53.7 Å². The number of amides is 1. The van der Waals surface area contributed by atoms with E-state index in [1.165, 1.54) is 7.11 Å². The van der Waals surface area contributed by atoms with Crippen molar-refractivity contribution in [2.75, 3.05) is 7.11 Å². The number of ether oxygens (including phenoxy) is 1. The van der Waals surface area contributed by atoms with Gasteiger partial charge in [0, 0.05) is 10.6 Å². The Morgan fingerprint density at radius 2 is 1.86 bits per heavy atom. The summed E-state index contributed by atoms with van der Waals surface area (Å²) in [5.41, 5.74) is 6.74. The SMILES string of the molecule is CO/N=C(/C(N)=O)c1ccccc1COc1ccc(Cl)cc1. The molecule has 6 heteroatoms. The molecule has 1 amide bonds. The van der Waals surface area contributed by atoms with Gasteiger partial charge in [0.05, 0.1) is 0 Å². The van der Waals surface area contributed by atoms with Gasteiger partial charge in [0.1, 0.15) is 19.5 Å². The minimum atomic E-state index is -0.666. The topological polar surface area (TPSA) is 73.9 Å². The monoisotopic (exact) mass is 318 g/mol. The molecule has 22 heavy (non-hydrogen) atoms. The molecule has 2 aromatic carbocycles. The molecule has 0 saturated carbocycles. The van der Waals surface area contributed by atoms with E-state index in [0.29, 0.717) is 16.3 Å². The Morgan fingerprint density at radius 1 is 1.18 bits per heavy atom. The van der Waals surface area contributed by atoms with Gasteiger partial charge in [-0.25, -0.2) is 0 Å². The van der Waals surface area contributed by atoms with Crippen molar-refractivity contribution in [3.05, 3.63) is 64.7 Å². The van der Waals surface area contributed by atoms with Crippen LogP contribution in [-0.2, 0) is 16.2 Å². The van der Waals surface area contributed by atoms with E-state index in [0.717, 1.165) is 5.56 Å². The second-order valence-corrected chi connectivity index (χ2v) is 4.82. The van der Waals surface area contributed by atoms with Gasteiger partial charge >= 0.3 is 0 Å². The number of nitrogens with two attached hydrogens (primary N) is 1. The van der Waals surface area contributed by atoms with Crippen LogP contribution in [0, 0.1) is 0 Å². The molecule has 0 aliphatic carbocycles. The van der Waals surface area contributed by atoms with Crippen molar-refractivity contribution in [2.45, 2.75) is 6.61 Å². The molecule has 0 aromatic heterocycles. The van der Waals surface area contributed by atoms with E-state index in [-0.39, 0.29) is 12.3 Å². The van der Waals surface area contributed by atoms with Gasteiger partial charge in [-0.1, -0.05) is 41.0 Å². The second kappa shape index (κ2) is 7.47. The quantitative estimate of drug-likeness (QED) is 0.657. The minimum absolute atomic E-state index is 0.0535. The maximum Gasteiger partial charge on any atom is 0.271 e. The van der Waals surface area contributed by atoms with Crippen molar-refractivity contribution in [3.63, 3.8) is 0 Å². The Balaban J connectivity index is 2.23. The third-order valence-corrected chi connectivity index (χ3v) is 3.15. The molecule has 0 atom stereocenters. The lowest BCUT2D eigenvalue weighted by atomic mass is 10.0. The van der Waals surface area contributed by atoms with Crippen LogP contribution < -0.4 is 10.5 Å². The third-order valence-electron chi connectivity index (χ3n) is 2.90. The van der Waals surface area contributed by atoms with Crippen molar-refractivity contribution in [1.82, 2.24) is 0 Å². The zero-order valence-corrected chi connectivity index (χ0v) is 12.7. The van der Waals surface area contributed by atoms with Crippen molar-refractivity contribution >= 4 is 23.2 Å². The number of nitrogens with zero attached hydrogens (tertiary/aromatic N) is 1. The first-order valence-corrected chi connectivity index (χ1v) is 6.87. The summed E-state index contributed by atoms with van der Waals surface area (Å²) in [6.07, 6.45) is 0. The van der Waals surface area contributed by atoms with Crippen LogP contribution in [0.5, 0.6) is 5.75 Å². The summed E-state index contributed by atoms with van der Waals surface area (Å²) in [6.45, 7) is 0.258. The molecule has 2 N–H and O–H groups in total. The number of primary amides is 1. The molecule has 0 fully saturated rings. The van der Waals surface area contributed by atoms with Crippen molar-refractivity contribution < 1.29 is 14.4 Å². The first-order valence-electron chi connectivity index (χ1n) is 6.49. The highest BCUT2D eigenvalue weighted by Crippen LogP contribution is 2.18. The van der Waals surface area contributed by atoms with Gasteiger partial charge in [-0.3, -0.25) is 4.79 Å². The zero-order chi connectivity index (χ0) is 15.9. The minimum Gasteiger partial charge on any atom is -0.489 e. The fraction of sp³-hybridized carbons (Fsp3) is 0.125. The largest absolute Gasteiger partial charge is 0.489 e. The standard InChI is InChI=1S/C16H15ClN2O3/c1-21-19-15(16(18)20)14-5-3-2-4-11(14)10-22-13-8-6-12(17)7-9-13/h2-9H,10H2,1H3,(H2,18,20)/b19-15+. The van der Waals surface area contributed by atoms with E-state index < -0.39 is 5.91 Å². The van der Waals surface area contributed by atoms with Gasteiger partial charge in [0.2, 0.25) is 0 Å². The first-order chi connectivity index (χ1) is 10.6. The number of halogens is 1. The fourth-order valence-corrected chi connectivity index (χ4v) is 2.01. The Hall–Kier alpha value is -2.53. The van der Waals surface area contributed by atoms with Gasteiger partial charge in [0.25, 0.3) is 5.91 Å². The van der Waals surface area contributed by atoms with E-state index >= 15 is 0 Å². The smallest absolute Gasteiger partial charge is 0.271 e. The average molecular weight is 319 g/mol. The molecule has 0 radical (unpaired) electrons. The Labute approximate surface area is 133 Å². The molecular formula is C16H15ClN2O3. The van der Waals surface area contributed by atoms with E-state index in [4.69, 9.17) is 22.1 Å². The number of rotatable bonds is 6. The van der Waals surface area contributed by atoms with Crippen molar-refractivity contribution in [1.29, 1.82) is 0 Å². The number of carbonyl (C=O) groups excluding carboxylic acids is 1. The molecule has 0 saturated heterocycles. The summed E-state index contributed by atoms with van der Waals surface area (Å²) in [4.78, 5) is 16.2. The summed E-state index contributed by atoms with van der Waals surface area (Å²) in [6, 6.07) is 14.2. The van der Waals surface area contributed by atoms with E-state index in [1.54, 1.807) is 36.4 Å². The normalized spacial score (nSPS) is 11.1. The molecule has 5 nitrogen and oxygen atoms in total. The number of hydrogen-bond acceptors (Lipinski definition) is 4. The Morgan fingerprint density at radius 3 is 2.50 bits per heavy atom. The second-order valence-electron chi connectivity index (χ2n) is 4.39. The molecule has 0 bridgehead atoms. The van der Waals surface area contributed by atoms with Crippen LogP contribution >= 0.6 is 11.6 Å². The van der Waals surface area contributed by atoms with Crippen molar-refractivity contribution in [2.24, 2.45) is 10.9 Å². The Kier molecular flexibility index (Phi) is 5.38. The lowest BCUT2D eigenvalue weighted by molar-refractivity contribution is -0.112. The molecule has 114 valence electrons. The molecule has 0 heterocycles. The molecule has 0 aliphatic rings. The Bertz CT molecular complexity index is 684. The lowest BCUT2D eigenvalue weighted by Crippen LogP contribution is -2.25.